The molecule has 2 aromatic heterocycles. The fourth-order valence-electron chi connectivity index (χ4n) is 3.66. The summed E-state index contributed by atoms with van der Waals surface area (Å²) in [5, 5.41) is 9.61. The van der Waals surface area contributed by atoms with Crippen molar-refractivity contribution in [3.05, 3.63) is 65.8 Å². The summed E-state index contributed by atoms with van der Waals surface area (Å²) in [6.45, 7) is 1.96. The minimum absolute atomic E-state index is 0.703. The molecule has 0 amide bonds. The summed E-state index contributed by atoms with van der Waals surface area (Å²) >= 11 is 6.03. The monoisotopic (exact) mass is 404 g/mol. The van der Waals surface area contributed by atoms with E-state index in [1.54, 1.807) is 0 Å². The third-order valence-electron chi connectivity index (χ3n) is 5.16. The molecule has 0 bridgehead atoms. The van der Waals surface area contributed by atoms with Crippen LogP contribution in [0, 0.1) is 0 Å². The normalized spacial score (nSPS) is 14.3. The molecule has 0 spiro atoms. The first-order chi connectivity index (χ1) is 14.3. The Labute approximate surface area is 174 Å². The Kier molecular flexibility index (Phi) is 4.77. The van der Waals surface area contributed by atoms with Gasteiger partial charge in [-0.1, -0.05) is 29.8 Å². The van der Waals surface area contributed by atoms with E-state index in [-0.39, 0.29) is 0 Å². The Bertz CT molecular complexity index is 1120. The zero-order valence-corrected chi connectivity index (χ0v) is 16.7. The molecule has 1 saturated heterocycles. The highest BCUT2D eigenvalue weighted by atomic mass is 35.5. The first-order valence-electron chi connectivity index (χ1n) is 9.87. The fourth-order valence-corrected chi connectivity index (χ4v) is 3.78. The van der Waals surface area contributed by atoms with E-state index in [1.165, 1.54) is 19.3 Å². The summed E-state index contributed by atoms with van der Waals surface area (Å²) in [6.07, 6.45) is 5.41. The molecule has 3 heterocycles. The van der Waals surface area contributed by atoms with Crippen molar-refractivity contribution in [3.63, 3.8) is 0 Å². The molecule has 0 radical (unpaired) electrons. The lowest BCUT2D eigenvalue weighted by Gasteiger charge is -2.27. The maximum atomic E-state index is 6.03. The Morgan fingerprint density at radius 2 is 1.62 bits per heavy atom. The van der Waals surface area contributed by atoms with Crippen LogP contribution in [0.5, 0.6) is 0 Å². The van der Waals surface area contributed by atoms with Crippen LogP contribution >= 0.6 is 11.6 Å². The lowest BCUT2D eigenvalue weighted by atomic mass is 10.1. The number of anilines is 3. The Hall–Kier alpha value is -3.12. The number of fused-ring (bicyclic) bond motifs is 1. The second-order valence-electron chi connectivity index (χ2n) is 7.18. The molecule has 1 fully saturated rings. The van der Waals surface area contributed by atoms with Crippen LogP contribution < -0.4 is 10.2 Å². The van der Waals surface area contributed by atoms with Gasteiger partial charge in [-0.05, 0) is 55.7 Å². The molecule has 7 heteroatoms. The zero-order chi connectivity index (χ0) is 19.6. The second-order valence-corrected chi connectivity index (χ2v) is 7.62. The van der Waals surface area contributed by atoms with Gasteiger partial charge in [0.1, 0.15) is 5.82 Å². The Morgan fingerprint density at radius 1 is 0.862 bits per heavy atom. The largest absolute Gasteiger partial charge is 0.341 e. The molecule has 0 saturated carbocycles. The van der Waals surface area contributed by atoms with Crippen LogP contribution in [0.4, 0.5) is 17.5 Å². The van der Waals surface area contributed by atoms with E-state index in [0.29, 0.717) is 5.02 Å². The van der Waals surface area contributed by atoms with Crippen molar-refractivity contribution in [2.24, 2.45) is 0 Å². The number of para-hydroxylation sites is 1. The van der Waals surface area contributed by atoms with Crippen molar-refractivity contribution in [1.82, 2.24) is 19.7 Å². The van der Waals surface area contributed by atoms with Crippen LogP contribution in [0.25, 0.3) is 16.7 Å². The smallest absolute Gasteiger partial charge is 0.229 e. The first-order valence-corrected chi connectivity index (χ1v) is 10.2. The van der Waals surface area contributed by atoms with Crippen LogP contribution in [0.2, 0.25) is 5.02 Å². The molecular formula is C22H21ClN6. The van der Waals surface area contributed by atoms with E-state index in [2.05, 4.69) is 15.3 Å². The van der Waals surface area contributed by atoms with Crippen LogP contribution in [0.1, 0.15) is 19.3 Å². The van der Waals surface area contributed by atoms with Crippen LogP contribution in [-0.4, -0.2) is 32.8 Å². The first kappa shape index (κ1) is 17.9. The molecule has 29 heavy (non-hydrogen) atoms. The molecule has 146 valence electrons. The fraction of sp³-hybridized carbons (Fsp3) is 0.227. The number of rotatable bonds is 4. The van der Waals surface area contributed by atoms with Gasteiger partial charge in [-0.2, -0.15) is 15.1 Å². The molecule has 0 aliphatic carbocycles. The standard InChI is InChI=1S/C22H21ClN6/c23-16-9-11-17(12-10-16)25-20-19-15-24-29(18-7-3-1-4-8-18)21(19)27-22(26-20)28-13-5-2-6-14-28/h1,3-4,7-12,15H,2,5-6,13-14H2,(H,25,26,27). The van der Waals surface area contributed by atoms with E-state index < -0.39 is 0 Å². The molecule has 1 aliphatic rings. The Balaban J connectivity index is 1.63. The second kappa shape index (κ2) is 7.72. The predicted octanol–water partition coefficient (Wildman–Crippen LogP) is 5.20. The van der Waals surface area contributed by atoms with Gasteiger partial charge in [-0.15, -0.1) is 0 Å². The van der Waals surface area contributed by atoms with Crippen molar-refractivity contribution in [1.29, 1.82) is 0 Å². The number of benzene rings is 2. The summed E-state index contributed by atoms with van der Waals surface area (Å²) in [4.78, 5) is 12.0. The van der Waals surface area contributed by atoms with Gasteiger partial charge >= 0.3 is 0 Å². The van der Waals surface area contributed by atoms with Gasteiger partial charge in [-0.25, -0.2) is 4.68 Å². The average molecular weight is 405 g/mol. The molecule has 0 unspecified atom stereocenters. The zero-order valence-electron chi connectivity index (χ0n) is 15.9. The molecule has 1 N–H and O–H groups in total. The molecule has 4 aromatic rings. The number of aromatic nitrogens is 4. The highest BCUT2D eigenvalue weighted by Crippen LogP contribution is 2.29. The predicted molar refractivity (Wildman–Crippen MR) is 117 cm³/mol. The number of nitrogens with one attached hydrogen (secondary N) is 1. The lowest BCUT2D eigenvalue weighted by Crippen LogP contribution is -2.31. The topological polar surface area (TPSA) is 58.9 Å². The molecule has 5 rings (SSSR count). The summed E-state index contributed by atoms with van der Waals surface area (Å²) < 4.78 is 1.87. The summed E-state index contributed by atoms with van der Waals surface area (Å²) in [5.41, 5.74) is 2.69. The Morgan fingerprint density at radius 3 is 2.38 bits per heavy atom. The van der Waals surface area contributed by atoms with Gasteiger partial charge in [0.15, 0.2) is 5.65 Å². The molecule has 0 atom stereocenters. The lowest BCUT2D eigenvalue weighted by molar-refractivity contribution is 0.569. The SMILES string of the molecule is Clc1ccc(Nc2nc(N3CCCCC3)nc3c2cnn3-c2ccccc2)cc1. The van der Waals surface area contributed by atoms with Crippen LogP contribution in [0.15, 0.2) is 60.8 Å². The number of hydrogen-bond donors (Lipinski definition) is 1. The van der Waals surface area contributed by atoms with Crippen molar-refractivity contribution in [2.75, 3.05) is 23.3 Å². The van der Waals surface area contributed by atoms with Crippen LogP contribution in [-0.2, 0) is 0 Å². The van der Waals surface area contributed by atoms with Gasteiger partial charge in [0, 0.05) is 23.8 Å². The summed E-state index contributed by atoms with van der Waals surface area (Å²) in [5.74, 6) is 1.49. The third-order valence-corrected chi connectivity index (χ3v) is 5.42. The van der Waals surface area contributed by atoms with E-state index >= 15 is 0 Å². The van der Waals surface area contributed by atoms with Crippen molar-refractivity contribution < 1.29 is 0 Å². The molecular weight excluding hydrogens is 384 g/mol. The maximum Gasteiger partial charge on any atom is 0.229 e. The van der Waals surface area contributed by atoms with E-state index in [1.807, 2.05) is 65.5 Å². The maximum absolute atomic E-state index is 6.03. The van der Waals surface area contributed by atoms with E-state index in [4.69, 9.17) is 21.6 Å². The van der Waals surface area contributed by atoms with Gasteiger partial charge in [0.05, 0.1) is 17.3 Å². The van der Waals surface area contributed by atoms with Crippen molar-refractivity contribution >= 4 is 40.1 Å². The van der Waals surface area contributed by atoms with Gasteiger partial charge in [0.2, 0.25) is 5.95 Å². The van der Waals surface area contributed by atoms with Crippen LogP contribution in [0.3, 0.4) is 0 Å². The number of halogens is 1. The average Bonchev–Trinajstić information content (AvgIpc) is 3.21. The number of piperidine rings is 1. The summed E-state index contributed by atoms with van der Waals surface area (Å²) in [7, 11) is 0. The van der Waals surface area contributed by atoms with E-state index in [0.717, 1.165) is 47.3 Å². The summed E-state index contributed by atoms with van der Waals surface area (Å²) in [6, 6.07) is 17.7. The van der Waals surface area contributed by atoms with Gasteiger partial charge < -0.3 is 10.2 Å². The minimum Gasteiger partial charge on any atom is -0.341 e. The number of hydrogen-bond acceptors (Lipinski definition) is 5. The highest BCUT2D eigenvalue weighted by Gasteiger charge is 2.19. The quantitative estimate of drug-likeness (QED) is 0.506. The van der Waals surface area contributed by atoms with Crippen molar-refractivity contribution in [2.45, 2.75) is 19.3 Å². The van der Waals surface area contributed by atoms with Crippen molar-refractivity contribution in [3.8, 4) is 5.69 Å². The molecule has 2 aromatic carbocycles. The highest BCUT2D eigenvalue weighted by molar-refractivity contribution is 6.30. The van der Waals surface area contributed by atoms with Gasteiger partial charge in [0.25, 0.3) is 0 Å². The number of nitrogens with zero attached hydrogens (tertiary/aromatic N) is 5. The molecule has 1 aliphatic heterocycles. The third kappa shape index (κ3) is 3.63. The molecule has 6 nitrogen and oxygen atoms in total. The van der Waals surface area contributed by atoms with E-state index in [9.17, 15) is 0 Å². The van der Waals surface area contributed by atoms with Gasteiger partial charge in [-0.3, -0.25) is 0 Å². The minimum atomic E-state index is 0.703.